The van der Waals surface area contributed by atoms with E-state index in [1.165, 1.54) is 12.0 Å². The Labute approximate surface area is 133 Å². The summed E-state index contributed by atoms with van der Waals surface area (Å²) < 4.78 is 5.41. The van der Waals surface area contributed by atoms with Gasteiger partial charge in [-0.1, -0.05) is 32.4 Å². The lowest BCUT2D eigenvalue weighted by Crippen LogP contribution is -1.96. The van der Waals surface area contributed by atoms with Crippen LogP contribution in [0.1, 0.15) is 32.8 Å². The van der Waals surface area contributed by atoms with E-state index < -0.39 is 0 Å². The van der Waals surface area contributed by atoms with Gasteiger partial charge in [-0.05, 0) is 61.2 Å². The van der Waals surface area contributed by atoms with Gasteiger partial charge in [0, 0.05) is 0 Å². The first-order valence-electron chi connectivity index (χ1n) is 7.94. The summed E-state index contributed by atoms with van der Waals surface area (Å²) in [6.45, 7) is 7.14. The molecule has 0 spiro atoms. The lowest BCUT2D eigenvalue weighted by molar-refractivity contribution is 0.340. The number of hydrogen-bond acceptors (Lipinski definition) is 3. The van der Waals surface area contributed by atoms with E-state index in [0.717, 1.165) is 29.5 Å². The van der Waals surface area contributed by atoms with Crippen LogP contribution in [0.3, 0.4) is 0 Å². The first-order chi connectivity index (χ1) is 10.7. The zero-order valence-corrected chi connectivity index (χ0v) is 13.6. The van der Waals surface area contributed by atoms with E-state index in [1.54, 1.807) is 0 Å². The number of rotatable bonds is 7. The van der Waals surface area contributed by atoms with Crippen LogP contribution in [0.15, 0.2) is 58.8 Å². The van der Waals surface area contributed by atoms with Gasteiger partial charge in [0.25, 0.3) is 0 Å². The van der Waals surface area contributed by atoms with Gasteiger partial charge in [0.2, 0.25) is 0 Å². The number of benzene rings is 2. The Kier molecular flexibility index (Phi) is 6.13. The van der Waals surface area contributed by atoms with Crippen molar-refractivity contribution >= 4 is 11.4 Å². The summed E-state index contributed by atoms with van der Waals surface area (Å²) in [7, 11) is 0. The second kappa shape index (κ2) is 8.32. The third-order valence-electron chi connectivity index (χ3n) is 3.65. The molecule has 0 radical (unpaired) electrons. The molecule has 1 unspecified atom stereocenters. The summed E-state index contributed by atoms with van der Waals surface area (Å²) in [6, 6.07) is 16.0. The van der Waals surface area contributed by atoms with E-state index in [2.05, 4.69) is 36.2 Å². The molecule has 0 fully saturated rings. The Hall–Kier alpha value is -2.16. The molecule has 0 saturated heterocycles. The predicted molar refractivity (Wildman–Crippen MR) is 91.4 cm³/mol. The van der Waals surface area contributed by atoms with Crippen LogP contribution in [0.5, 0.6) is 5.75 Å². The number of ether oxygens (including phenoxy) is 1. The molecular weight excluding hydrogens is 272 g/mol. The molecule has 2 aromatic carbocycles. The fourth-order valence-corrected chi connectivity index (χ4v) is 2.14. The van der Waals surface area contributed by atoms with E-state index in [1.807, 2.05) is 43.3 Å². The zero-order valence-electron chi connectivity index (χ0n) is 13.6. The molecule has 0 amide bonds. The third-order valence-corrected chi connectivity index (χ3v) is 3.65. The monoisotopic (exact) mass is 296 g/mol. The van der Waals surface area contributed by atoms with Gasteiger partial charge >= 0.3 is 0 Å². The highest BCUT2D eigenvalue weighted by Crippen LogP contribution is 2.22. The Morgan fingerprint density at radius 1 is 0.864 bits per heavy atom. The molecule has 0 bridgehead atoms. The van der Waals surface area contributed by atoms with E-state index in [9.17, 15) is 0 Å². The largest absolute Gasteiger partial charge is 0.494 e. The molecule has 0 aliphatic heterocycles. The standard InChI is InChI=1S/C19H24N2O/c1-4-15(3)14-16-6-8-17(9-7-16)20-21-18-10-12-19(13-11-18)22-5-2/h6-13,15H,4-5,14H2,1-3H3. The van der Waals surface area contributed by atoms with Crippen LogP contribution in [0, 0.1) is 5.92 Å². The quantitative estimate of drug-likeness (QED) is 0.569. The van der Waals surface area contributed by atoms with Crippen LogP contribution in [-0.2, 0) is 6.42 Å². The summed E-state index contributed by atoms with van der Waals surface area (Å²) in [5.74, 6) is 1.58. The molecule has 0 aliphatic carbocycles. The summed E-state index contributed by atoms with van der Waals surface area (Å²) in [6.07, 6.45) is 2.33. The Balaban J connectivity index is 1.97. The van der Waals surface area contributed by atoms with Crippen LogP contribution in [0.25, 0.3) is 0 Å². The van der Waals surface area contributed by atoms with Crippen LogP contribution >= 0.6 is 0 Å². The Bertz CT molecular complexity index is 588. The molecule has 2 rings (SSSR count). The molecule has 116 valence electrons. The average Bonchev–Trinajstić information content (AvgIpc) is 2.56. The van der Waals surface area contributed by atoms with Crippen LogP contribution < -0.4 is 4.74 Å². The van der Waals surface area contributed by atoms with Crippen LogP contribution in [0.4, 0.5) is 11.4 Å². The van der Waals surface area contributed by atoms with Crippen molar-refractivity contribution in [3.05, 3.63) is 54.1 Å². The lowest BCUT2D eigenvalue weighted by atomic mass is 9.99. The molecule has 22 heavy (non-hydrogen) atoms. The van der Waals surface area contributed by atoms with Crippen LogP contribution in [-0.4, -0.2) is 6.61 Å². The van der Waals surface area contributed by atoms with Crippen LogP contribution in [0.2, 0.25) is 0 Å². The summed E-state index contributed by atoms with van der Waals surface area (Å²) in [4.78, 5) is 0. The summed E-state index contributed by atoms with van der Waals surface area (Å²) in [5.41, 5.74) is 3.06. The van der Waals surface area contributed by atoms with Crippen molar-refractivity contribution in [1.29, 1.82) is 0 Å². The molecule has 0 aromatic heterocycles. The molecule has 3 nitrogen and oxygen atoms in total. The minimum Gasteiger partial charge on any atom is -0.494 e. The SMILES string of the molecule is CCOc1ccc(N=Nc2ccc(CC(C)CC)cc2)cc1. The highest BCUT2D eigenvalue weighted by atomic mass is 16.5. The van der Waals surface area contributed by atoms with Crippen molar-refractivity contribution in [2.75, 3.05) is 6.61 Å². The summed E-state index contributed by atoms with van der Waals surface area (Å²) in [5, 5.41) is 8.53. The molecule has 0 aliphatic rings. The average molecular weight is 296 g/mol. The van der Waals surface area contributed by atoms with E-state index >= 15 is 0 Å². The second-order valence-corrected chi connectivity index (χ2v) is 5.51. The van der Waals surface area contributed by atoms with Gasteiger partial charge in [-0.3, -0.25) is 0 Å². The maximum Gasteiger partial charge on any atom is 0.119 e. The third kappa shape index (κ3) is 4.99. The minimum absolute atomic E-state index is 0.670. The van der Waals surface area contributed by atoms with Crippen molar-refractivity contribution in [1.82, 2.24) is 0 Å². The lowest BCUT2D eigenvalue weighted by Gasteiger charge is -2.07. The maximum absolute atomic E-state index is 5.41. The topological polar surface area (TPSA) is 34.0 Å². The van der Waals surface area contributed by atoms with Crippen molar-refractivity contribution in [2.45, 2.75) is 33.6 Å². The van der Waals surface area contributed by atoms with E-state index in [0.29, 0.717) is 6.61 Å². The number of hydrogen-bond donors (Lipinski definition) is 0. The highest BCUT2D eigenvalue weighted by Gasteiger charge is 2.01. The van der Waals surface area contributed by atoms with Gasteiger partial charge in [0.05, 0.1) is 18.0 Å². The Morgan fingerprint density at radius 3 is 1.91 bits per heavy atom. The zero-order chi connectivity index (χ0) is 15.8. The van der Waals surface area contributed by atoms with Gasteiger partial charge in [0.15, 0.2) is 0 Å². The van der Waals surface area contributed by atoms with Crippen molar-refractivity contribution in [2.24, 2.45) is 16.1 Å². The molecule has 0 heterocycles. The highest BCUT2D eigenvalue weighted by molar-refractivity contribution is 5.43. The van der Waals surface area contributed by atoms with Gasteiger partial charge in [-0.2, -0.15) is 10.2 Å². The molecule has 1 atom stereocenters. The van der Waals surface area contributed by atoms with Gasteiger partial charge in [0.1, 0.15) is 5.75 Å². The van der Waals surface area contributed by atoms with E-state index in [-0.39, 0.29) is 0 Å². The molecular formula is C19H24N2O. The van der Waals surface area contributed by atoms with Crippen molar-refractivity contribution < 1.29 is 4.74 Å². The van der Waals surface area contributed by atoms with Gasteiger partial charge < -0.3 is 4.74 Å². The van der Waals surface area contributed by atoms with Gasteiger partial charge in [-0.15, -0.1) is 0 Å². The maximum atomic E-state index is 5.41. The van der Waals surface area contributed by atoms with Gasteiger partial charge in [-0.25, -0.2) is 0 Å². The minimum atomic E-state index is 0.670. The summed E-state index contributed by atoms with van der Waals surface area (Å²) >= 11 is 0. The Morgan fingerprint density at radius 2 is 1.41 bits per heavy atom. The second-order valence-electron chi connectivity index (χ2n) is 5.51. The fourth-order valence-electron chi connectivity index (χ4n) is 2.14. The normalized spacial score (nSPS) is 12.5. The van der Waals surface area contributed by atoms with E-state index in [4.69, 9.17) is 4.74 Å². The number of nitrogens with zero attached hydrogens (tertiary/aromatic N) is 2. The fraction of sp³-hybridized carbons (Fsp3) is 0.368. The molecule has 2 aromatic rings. The first kappa shape index (κ1) is 16.2. The smallest absolute Gasteiger partial charge is 0.119 e. The molecule has 0 N–H and O–H groups in total. The van der Waals surface area contributed by atoms with Crippen molar-refractivity contribution in [3.8, 4) is 5.75 Å². The predicted octanol–water partition coefficient (Wildman–Crippen LogP) is 6.09. The first-order valence-corrected chi connectivity index (χ1v) is 7.94. The molecule has 0 saturated carbocycles. The number of azo groups is 1. The van der Waals surface area contributed by atoms with Crippen molar-refractivity contribution in [3.63, 3.8) is 0 Å². The molecule has 3 heteroatoms.